The standard InChI is InChI=1S/C16H23ClN2O2S/c1-22(20,21)19-8-3-4-13(11-19)10-18-9-7-15-14(12-18)5-2-6-16(15)17/h2,5-6,13H,3-4,7-12H2,1H3. The Kier molecular flexibility index (Phi) is 4.78. The average Bonchev–Trinajstić information content (AvgIpc) is 2.47. The summed E-state index contributed by atoms with van der Waals surface area (Å²) in [7, 11) is -3.06. The Hall–Kier alpha value is -0.620. The fourth-order valence-corrected chi connectivity index (χ4v) is 4.85. The summed E-state index contributed by atoms with van der Waals surface area (Å²) in [5.41, 5.74) is 2.59. The van der Waals surface area contributed by atoms with Gasteiger partial charge in [-0.1, -0.05) is 23.7 Å². The van der Waals surface area contributed by atoms with Gasteiger partial charge in [0.25, 0.3) is 0 Å². The van der Waals surface area contributed by atoms with Crippen LogP contribution in [0.3, 0.4) is 0 Å². The second kappa shape index (κ2) is 6.48. The lowest BCUT2D eigenvalue weighted by Gasteiger charge is -2.36. The van der Waals surface area contributed by atoms with Gasteiger partial charge in [-0.3, -0.25) is 4.90 Å². The number of hydrogen-bond acceptors (Lipinski definition) is 3. The summed E-state index contributed by atoms with van der Waals surface area (Å²) in [6, 6.07) is 6.12. The minimum absolute atomic E-state index is 0.434. The highest BCUT2D eigenvalue weighted by Gasteiger charge is 2.28. The van der Waals surface area contributed by atoms with E-state index < -0.39 is 10.0 Å². The molecule has 0 radical (unpaired) electrons. The Morgan fingerprint density at radius 2 is 2.14 bits per heavy atom. The zero-order chi connectivity index (χ0) is 15.7. The lowest BCUT2D eigenvalue weighted by molar-refractivity contribution is 0.167. The second-order valence-electron chi connectivity index (χ2n) is 6.49. The van der Waals surface area contributed by atoms with E-state index in [2.05, 4.69) is 11.0 Å². The van der Waals surface area contributed by atoms with Gasteiger partial charge in [-0.05, 0) is 42.4 Å². The molecule has 1 unspecified atom stereocenters. The summed E-state index contributed by atoms with van der Waals surface area (Å²) in [5, 5.41) is 0.873. The van der Waals surface area contributed by atoms with E-state index in [9.17, 15) is 8.42 Å². The van der Waals surface area contributed by atoms with Crippen LogP contribution in [0.5, 0.6) is 0 Å². The predicted octanol–water partition coefficient (Wildman–Crippen LogP) is 2.37. The van der Waals surface area contributed by atoms with Crippen LogP contribution in [0.4, 0.5) is 0 Å². The molecule has 0 aromatic heterocycles. The Morgan fingerprint density at radius 3 is 2.91 bits per heavy atom. The molecule has 1 aromatic rings. The number of piperidine rings is 1. The Labute approximate surface area is 138 Å². The first-order valence-electron chi connectivity index (χ1n) is 7.87. The lowest BCUT2D eigenvalue weighted by Crippen LogP contribution is -2.44. The highest BCUT2D eigenvalue weighted by molar-refractivity contribution is 7.88. The second-order valence-corrected chi connectivity index (χ2v) is 8.88. The van der Waals surface area contributed by atoms with Gasteiger partial charge in [-0.15, -0.1) is 0 Å². The van der Waals surface area contributed by atoms with Crippen molar-refractivity contribution in [1.82, 2.24) is 9.21 Å². The maximum atomic E-state index is 11.7. The van der Waals surface area contributed by atoms with Crippen molar-refractivity contribution < 1.29 is 8.42 Å². The van der Waals surface area contributed by atoms with Crippen molar-refractivity contribution in [3.63, 3.8) is 0 Å². The van der Waals surface area contributed by atoms with Gasteiger partial charge in [-0.2, -0.15) is 0 Å². The number of nitrogens with zero attached hydrogens (tertiary/aromatic N) is 2. The molecule has 3 rings (SSSR count). The van der Waals surface area contributed by atoms with Crippen LogP contribution in [0, 0.1) is 5.92 Å². The van der Waals surface area contributed by atoms with Gasteiger partial charge in [0.05, 0.1) is 6.26 Å². The molecule has 4 nitrogen and oxygen atoms in total. The third kappa shape index (κ3) is 3.65. The minimum Gasteiger partial charge on any atom is -0.298 e. The molecule has 2 aliphatic rings. The first-order chi connectivity index (χ1) is 10.4. The van der Waals surface area contributed by atoms with E-state index in [-0.39, 0.29) is 0 Å². The van der Waals surface area contributed by atoms with Crippen molar-refractivity contribution in [3.8, 4) is 0 Å². The molecule has 0 saturated carbocycles. The lowest BCUT2D eigenvalue weighted by atomic mass is 9.95. The molecule has 2 heterocycles. The van der Waals surface area contributed by atoms with Gasteiger partial charge in [-0.25, -0.2) is 12.7 Å². The minimum atomic E-state index is -3.06. The van der Waals surface area contributed by atoms with Crippen LogP contribution in [0.15, 0.2) is 18.2 Å². The number of fused-ring (bicyclic) bond motifs is 1. The Balaban J connectivity index is 1.63. The third-order valence-corrected chi connectivity index (χ3v) is 6.38. The van der Waals surface area contributed by atoms with E-state index >= 15 is 0 Å². The quantitative estimate of drug-likeness (QED) is 0.846. The molecule has 122 valence electrons. The molecule has 0 bridgehead atoms. The van der Waals surface area contributed by atoms with E-state index in [1.165, 1.54) is 17.4 Å². The van der Waals surface area contributed by atoms with Crippen molar-refractivity contribution in [2.75, 3.05) is 32.4 Å². The molecule has 0 N–H and O–H groups in total. The Morgan fingerprint density at radius 1 is 1.32 bits per heavy atom. The van der Waals surface area contributed by atoms with E-state index in [0.29, 0.717) is 19.0 Å². The fraction of sp³-hybridized carbons (Fsp3) is 0.625. The van der Waals surface area contributed by atoms with E-state index in [0.717, 1.165) is 43.9 Å². The number of hydrogen-bond donors (Lipinski definition) is 0. The number of halogens is 1. The molecular formula is C16H23ClN2O2S. The highest BCUT2D eigenvalue weighted by atomic mass is 35.5. The number of sulfonamides is 1. The van der Waals surface area contributed by atoms with Gasteiger partial charge in [0, 0.05) is 37.7 Å². The average molecular weight is 343 g/mol. The summed E-state index contributed by atoms with van der Waals surface area (Å²) >= 11 is 6.26. The maximum absolute atomic E-state index is 11.7. The Bertz CT molecular complexity index is 648. The molecule has 1 fully saturated rings. The van der Waals surface area contributed by atoms with Crippen LogP contribution in [-0.4, -0.2) is 50.1 Å². The largest absolute Gasteiger partial charge is 0.298 e. The van der Waals surface area contributed by atoms with Crippen LogP contribution < -0.4 is 0 Å². The van der Waals surface area contributed by atoms with Crippen molar-refractivity contribution >= 4 is 21.6 Å². The molecule has 22 heavy (non-hydrogen) atoms. The number of rotatable bonds is 3. The normalized spacial score (nSPS) is 24.2. The van der Waals surface area contributed by atoms with Crippen LogP contribution in [0.25, 0.3) is 0 Å². The van der Waals surface area contributed by atoms with Gasteiger partial charge < -0.3 is 0 Å². The summed E-state index contributed by atoms with van der Waals surface area (Å²) < 4.78 is 25.1. The topological polar surface area (TPSA) is 40.6 Å². The van der Waals surface area contributed by atoms with Gasteiger partial charge in [0.1, 0.15) is 0 Å². The molecule has 1 aromatic carbocycles. The predicted molar refractivity (Wildman–Crippen MR) is 89.6 cm³/mol. The molecule has 1 saturated heterocycles. The van der Waals surface area contributed by atoms with Gasteiger partial charge >= 0.3 is 0 Å². The summed E-state index contributed by atoms with van der Waals surface area (Å²) in [6.07, 6.45) is 4.38. The van der Waals surface area contributed by atoms with Crippen LogP contribution in [0.1, 0.15) is 24.0 Å². The summed E-state index contributed by atoms with van der Waals surface area (Å²) in [4.78, 5) is 2.44. The smallest absolute Gasteiger partial charge is 0.211 e. The first kappa shape index (κ1) is 16.2. The monoisotopic (exact) mass is 342 g/mol. The van der Waals surface area contributed by atoms with E-state index in [1.54, 1.807) is 4.31 Å². The van der Waals surface area contributed by atoms with Crippen LogP contribution in [0.2, 0.25) is 5.02 Å². The van der Waals surface area contributed by atoms with Crippen molar-refractivity contribution in [2.24, 2.45) is 5.92 Å². The molecular weight excluding hydrogens is 320 g/mol. The van der Waals surface area contributed by atoms with Crippen LogP contribution in [-0.2, 0) is 23.0 Å². The maximum Gasteiger partial charge on any atom is 0.211 e. The highest BCUT2D eigenvalue weighted by Crippen LogP contribution is 2.27. The van der Waals surface area contributed by atoms with Crippen molar-refractivity contribution in [1.29, 1.82) is 0 Å². The first-order valence-corrected chi connectivity index (χ1v) is 10.1. The van der Waals surface area contributed by atoms with Crippen molar-refractivity contribution in [2.45, 2.75) is 25.8 Å². The SMILES string of the molecule is CS(=O)(=O)N1CCCC(CN2CCc3c(Cl)cccc3C2)C1. The molecule has 1 atom stereocenters. The van der Waals surface area contributed by atoms with E-state index in [4.69, 9.17) is 11.6 Å². The van der Waals surface area contributed by atoms with Crippen molar-refractivity contribution in [3.05, 3.63) is 34.3 Å². The molecule has 0 spiro atoms. The van der Waals surface area contributed by atoms with Crippen LogP contribution >= 0.6 is 11.6 Å². The summed E-state index contributed by atoms with van der Waals surface area (Å²) in [5.74, 6) is 0.434. The van der Waals surface area contributed by atoms with Gasteiger partial charge in [0.2, 0.25) is 10.0 Å². The van der Waals surface area contributed by atoms with E-state index in [1.807, 2.05) is 12.1 Å². The number of benzene rings is 1. The molecule has 6 heteroatoms. The third-order valence-electron chi connectivity index (χ3n) is 4.75. The molecule has 2 aliphatic heterocycles. The molecule has 0 aliphatic carbocycles. The zero-order valence-corrected chi connectivity index (χ0v) is 14.5. The van der Waals surface area contributed by atoms with Gasteiger partial charge in [0.15, 0.2) is 0 Å². The summed E-state index contributed by atoms with van der Waals surface area (Å²) in [6.45, 7) is 4.24. The molecule has 0 amide bonds. The fourth-order valence-electron chi connectivity index (χ4n) is 3.62. The zero-order valence-electron chi connectivity index (χ0n) is 13.0.